The molecule has 1 fully saturated rings. The molecule has 178 valence electrons. The maximum absolute atomic E-state index is 12.2. The van der Waals surface area contributed by atoms with Crippen molar-refractivity contribution in [3.8, 4) is 0 Å². The van der Waals surface area contributed by atoms with Crippen molar-refractivity contribution in [2.75, 3.05) is 39.0 Å². The highest BCUT2D eigenvalue weighted by molar-refractivity contribution is 5.73. The average molecular weight is 451 g/mol. The van der Waals surface area contributed by atoms with E-state index in [1.54, 1.807) is 0 Å². The predicted octanol–water partition coefficient (Wildman–Crippen LogP) is 4.67. The molecule has 6 nitrogen and oxygen atoms in total. The molecular formula is C27H38N4O2. The molecule has 0 unspecified atom stereocenters. The summed E-state index contributed by atoms with van der Waals surface area (Å²) in [6.45, 7) is 6.43. The summed E-state index contributed by atoms with van der Waals surface area (Å²) in [4.78, 5) is 14.2. The smallest absolute Gasteiger partial charge is 0.314 e. The van der Waals surface area contributed by atoms with Gasteiger partial charge in [-0.25, -0.2) is 4.79 Å². The van der Waals surface area contributed by atoms with Gasteiger partial charge in [0.1, 0.15) is 0 Å². The minimum Gasteiger partial charge on any atom is -0.378 e. The Labute approximate surface area is 198 Å². The lowest BCUT2D eigenvalue weighted by Crippen LogP contribution is -2.46. The van der Waals surface area contributed by atoms with E-state index in [2.05, 4.69) is 78.3 Å². The van der Waals surface area contributed by atoms with Crippen LogP contribution in [0.1, 0.15) is 61.4 Å². The van der Waals surface area contributed by atoms with Crippen molar-refractivity contribution in [2.24, 2.45) is 5.92 Å². The first-order valence-corrected chi connectivity index (χ1v) is 12.2. The number of amides is 2. The van der Waals surface area contributed by atoms with Gasteiger partial charge < -0.3 is 25.6 Å². The largest absolute Gasteiger partial charge is 0.378 e. The van der Waals surface area contributed by atoms with Gasteiger partial charge in [0.15, 0.2) is 0 Å². The van der Waals surface area contributed by atoms with E-state index in [0.29, 0.717) is 24.9 Å². The molecule has 2 aromatic rings. The summed E-state index contributed by atoms with van der Waals surface area (Å²) >= 11 is 0. The first kappa shape index (κ1) is 23.6. The highest BCUT2D eigenvalue weighted by atomic mass is 16.5. The number of rotatable bonds is 7. The van der Waals surface area contributed by atoms with Crippen LogP contribution in [0, 0.1) is 5.92 Å². The number of ether oxygens (including phenoxy) is 1. The molecule has 3 N–H and O–H groups in total. The Morgan fingerprint density at radius 3 is 2.64 bits per heavy atom. The van der Waals surface area contributed by atoms with Crippen LogP contribution < -0.4 is 16.0 Å². The van der Waals surface area contributed by atoms with Gasteiger partial charge in [-0.2, -0.15) is 0 Å². The summed E-state index contributed by atoms with van der Waals surface area (Å²) in [5.74, 6) is 0.819. The molecule has 6 heteroatoms. The third-order valence-electron chi connectivity index (χ3n) is 6.83. The zero-order chi connectivity index (χ0) is 23.4. The number of carbonyl (C=O) groups is 1. The van der Waals surface area contributed by atoms with Crippen molar-refractivity contribution < 1.29 is 9.53 Å². The molecule has 0 saturated carbocycles. The summed E-state index contributed by atoms with van der Waals surface area (Å²) in [5.41, 5.74) is 5.03. The van der Waals surface area contributed by atoms with Gasteiger partial charge in [-0.1, -0.05) is 56.3 Å². The van der Waals surface area contributed by atoms with Crippen LogP contribution in [0.5, 0.6) is 0 Å². The molecule has 4 rings (SSSR count). The van der Waals surface area contributed by atoms with Gasteiger partial charge in [0.05, 0.1) is 18.2 Å². The van der Waals surface area contributed by atoms with Crippen molar-refractivity contribution in [1.29, 1.82) is 0 Å². The van der Waals surface area contributed by atoms with Crippen molar-refractivity contribution in [3.05, 3.63) is 65.2 Å². The summed E-state index contributed by atoms with van der Waals surface area (Å²) < 4.78 is 6.71. The SMILES string of the molecule is CC(C)c1ccc2c(c1)[C@H]1O[C@@H](CNC(=O)NCCN(C)C)CC[C@H]1[C@H](c1ccccc1)N2. The van der Waals surface area contributed by atoms with Gasteiger partial charge in [-0.3, -0.25) is 0 Å². The predicted molar refractivity (Wildman–Crippen MR) is 134 cm³/mol. The Balaban J connectivity index is 1.49. The minimum absolute atomic E-state index is 0.0101. The standard InChI is InChI=1S/C27H38N4O2/c1-18(2)20-10-13-24-23(16-20)26-22(25(30-24)19-8-6-5-7-9-19)12-11-21(33-26)17-29-27(32)28-14-15-31(3)4/h5-10,13,16,18,21-22,25-26,30H,11-12,14-15,17H2,1-4H3,(H2,28,29,32)/t21-,22+,25+,26+/m1/s1. The highest BCUT2D eigenvalue weighted by Crippen LogP contribution is 2.50. The molecule has 4 atom stereocenters. The van der Waals surface area contributed by atoms with E-state index in [4.69, 9.17) is 4.74 Å². The zero-order valence-corrected chi connectivity index (χ0v) is 20.3. The first-order chi connectivity index (χ1) is 15.9. The quantitative estimate of drug-likeness (QED) is 0.573. The molecule has 33 heavy (non-hydrogen) atoms. The third kappa shape index (κ3) is 5.68. The average Bonchev–Trinajstić information content (AvgIpc) is 2.82. The van der Waals surface area contributed by atoms with Crippen LogP contribution >= 0.6 is 0 Å². The lowest BCUT2D eigenvalue weighted by molar-refractivity contribution is -0.0906. The lowest BCUT2D eigenvalue weighted by Gasteiger charge is -2.46. The third-order valence-corrected chi connectivity index (χ3v) is 6.83. The Morgan fingerprint density at radius 1 is 1.12 bits per heavy atom. The van der Waals surface area contributed by atoms with Gasteiger partial charge >= 0.3 is 6.03 Å². The van der Waals surface area contributed by atoms with E-state index in [1.165, 1.54) is 16.7 Å². The molecule has 0 aromatic heterocycles. The fraction of sp³-hybridized carbons (Fsp3) is 0.519. The molecule has 0 aliphatic carbocycles. The van der Waals surface area contributed by atoms with Gasteiger partial charge in [-0.15, -0.1) is 0 Å². The Hall–Kier alpha value is -2.57. The number of carbonyl (C=O) groups excluding carboxylic acids is 1. The summed E-state index contributed by atoms with van der Waals surface area (Å²) in [6.07, 6.45) is 2.01. The molecule has 1 saturated heterocycles. The van der Waals surface area contributed by atoms with E-state index < -0.39 is 0 Å². The number of fused-ring (bicyclic) bond motifs is 3. The molecule has 2 aromatic carbocycles. The second kappa shape index (κ2) is 10.6. The number of likely N-dealkylation sites (N-methyl/N-ethyl adjacent to an activating group) is 1. The molecule has 0 bridgehead atoms. The van der Waals surface area contributed by atoms with Crippen LogP contribution in [-0.2, 0) is 4.74 Å². The van der Waals surface area contributed by atoms with Crippen LogP contribution in [-0.4, -0.2) is 50.8 Å². The van der Waals surface area contributed by atoms with Crippen molar-refractivity contribution >= 4 is 11.7 Å². The van der Waals surface area contributed by atoms with E-state index in [1.807, 2.05) is 19.0 Å². The van der Waals surface area contributed by atoms with Crippen LogP contribution in [0.4, 0.5) is 10.5 Å². The number of hydrogen-bond acceptors (Lipinski definition) is 4. The topological polar surface area (TPSA) is 65.6 Å². The maximum atomic E-state index is 12.2. The second-order valence-corrected chi connectivity index (χ2v) is 9.89. The monoisotopic (exact) mass is 450 g/mol. The normalized spacial score (nSPS) is 24.1. The van der Waals surface area contributed by atoms with Crippen molar-refractivity contribution in [1.82, 2.24) is 15.5 Å². The zero-order valence-electron chi connectivity index (χ0n) is 20.3. The number of nitrogens with one attached hydrogen (secondary N) is 3. The first-order valence-electron chi connectivity index (χ1n) is 12.2. The Morgan fingerprint density at radius 2 is 1.91 bits per heavy atom. The maximum Gasteiger partial charge on any atom is 0.314 e. The van der Waals surface area contributed by atoms with Crippen molar-refractivity contribution in [2.45, 2.75) is 50.9 Å². The Bertz CT molecular complexity index is 931. The van der Waals surface area contributed by atoms with Gasteiger partial charge in [-0.05, 0) is 50.0 Å². The fourth-order valence-electron chi connectivity index (χ4n) is 4.94. The number of urea groups is 1. The van der Waals surface area contributed by atoms with E-state index in [9.17, 15) is 4.79 Å². The number of anilines is 1. The molecule has 2 aliphatic rings. The number of hydrogen-bond donors (Lipinski definition) is 3. The summed E-state index contributed by atoms with van der Waals surface area (Å²) in [5, 5.41) is 9.74. The minimum atomic E-state index is -0.127. The molecule has 2 aliphatic heterocycles. The fourth-order valence-corrected chi connectivity index (χ4v) is 4.94. The summed E-state index contributed by atoms with van der Waals surface area (Å²) in [6, 6.07) is 17.5. The summed E-state index contributed by atoms with van der Waals surface area (Å²) in [7, 11) is 3.99. The van der Waals surface area contributed by atoms with Crippen molar-refractivity contribution in [3.63, 3.8) is 0 Å². The van der Waals surface area contributed by atoms with Crippen LogP contribution in [0.2, 0.25) is 0 Å². The number of nitrogens with zero attached hydrogens (tertiary/aromatic N) is 1. The van der Waals surface area contributed by atoms with E-state index in [-0.39, 0.29) is 24.3 Å². The molecular weight excluding hydrogens is 412 g/mol. The van der Waals surface area contributed by atoms with E-state index in [0.717, 1.165) is 25.1 Å². The second-order valence-electron chi connectivity index (χ2n) is 9.89. The molecule has 0 radical (unpaired) electrons. The van der Waals surface area contributed by atoms with Gasteiger partial charge in [0.25, 0.3) is 0 Å². The molecule has 0 spiro atoms. The van der Waals surface area contributed by atoms with Crippen LogP contribution in [0.3, 0.4) is 0 Å². The van der Waals surface area contributed by atoms with Gasteiger partial charge in [0, 0.05) is 36.8 Å². The highest BCUT2D eigenvalue weighted by Gasteiger charge is 2.42. The Kier molecular flexibility index (Phi) is 7.56. The molecule has 2 amide bonds. The lowest BCUT2D eigenvalue weighted by atomic mass is 9.76. The number of benzene rings is 2. The van der Waals surface area contributed by atoms with Crippen LogP contribution in [0.15, 0.2) is 48.5 Å². The van der Waals surface area contributed by atoms with Crippen LogP contribution in [0.25, 0.3) is 0 Å². The van der Waals surface area contributed by atoms with Gasteiger partial charge in [0.2, 0.25) is 0 Å². The van der Waals surface area contributed by atoms with E-state index >= 15 is 0 Å². The molecule has 2 heterocycles.